The predicted octanol–water partition coefficient (Wildman–Crippen LogP) is 1.96. The van der Waals surface area contributed by atoms with Crippen molar-refractivity contribution in [3.63, 3.8) is 0 Å². The van der Waals surface area contributed by atoms with Crippen molar-refractivity contribution in [2.24, 2.45) is 0 Å². The predicted molar refractivity (Wildman–Crippen MR) is 75.2 cm³/mol. The monoisotopic (exact) mass is 279 g/mol. The Morgan fingerprint density at radius 1 is 1.30 bits per heavy atom. The van der Waals surface area contributed by atoms with Crippen molar-refractivity contribution >= 4 is 11.9 Å². The molecule has 2 N–H and O–H groups in total. The highest BCUT2D eigenvalue weighted by Gasteiger charge is 2.26. The van der Waals surface area contributed by atoms with Crippen molar-refractivity contribution in [3.8, 4) is 0 Å². The maximum Gasteiger partial charge on any atom is 0.305 e. The Morgan fingerprint density at radius 3 is 2.45 bits per heavy atom. The second-order valence-corrected chi connectivity index (χ2v) is 5.38. The number of aliphatic carboxylic acids is 1. The first-order chi connectivity index (χ1) is 9.30. The molecule has 1 aromatic rings. The summed E-state index contributed by atoms with van der Waals surface area (Å²) in [4.78, 5) is 22.6. The fourth-order valence-corrected chi connectivity index (χ4v) is 1.73. The second-order valence-electron chi connectivity index (χ2n) is 5.38. The van der Waals surface area contributed by atoms with Gasteiger partial charge in [0.25, 0.3) is 0 Å². The number of ether oxygens (including phenoxy) is 1. The summed E-state index contributed by atoms with van der Waals surface area (Å²) in [5.74, 6) is -1.26. The SMILES string of the molecule is CC(OCc1ccccc1)C(=O)NC(C)(C)CC(=O)O. The zero-order chi connectivity index (χ0) is 15.2. The Labute approximate surface area is 118 Å². The number of carboxylic acid groups (broad SMARTS) is 1. The van der Waals surface area contributed by atoms with Gasteiger partial charge >= 0.3 is 5.97 Å². The second kappa shape index (κ2) is 7.05. The third kappa shape index (κ3) is 5.84. The molecular formula is C15H21NO4. The molecule has 0 aliphatic rings. The van der Waals surface area contributed by atoms with Crippen LogP contribution in [0.25, 0.3) is 0 Å². The van der Waals surface area contributed by atoms with Gasteiger partial charge in [0.15, 0.2) is 0 Å². The Kier molecular flexibility index (Phi) is 5.70. The van der Waals surface area contributed by atoms with E-state index in [9.17, 15) is 9.59 Å². The van der Waals surface area contributed by atoms with Crippen LogP contribution in [0.2, 0.25) is 0 Å². The third-order valence-corrected chi connectivity index (χ3v) is 2.77. The van der Waals surface area contributed by atoms with Crippen LogP contribution in [0, 0.1) is 0 Å². The molecule has 0 radical (unpaired) electrons. The van der Waals surface area contributed by atoms with Crippen molar-refractivity contribution < 1.29 is 19.4 Å². The van der Waals surface area contributed by atoms with Crippen LogP contribution in [0.3, 0.4) is 0 Å². The summed E-state index contributed by atoms with van der Waals surface area (Å²) in [5.41, 5.74) is 0.185. The van der Waals surface area contributed by atoms with Gasteiger partial charge in [0.1, 0.15) is 6.10 Å². The van der Waals surface area contributed by atoms with Gasteiger partial charge in [0.05, 0.1) is 13.0 Å². The molecule has 1 atom stereocenters. The number of rotatable bonds is 7. The van der Waals surface area contributed by atoms with Gasteiger partial charge in [-0.15, -0.1) is 0 Å². The van der Waals surface area contributed by atoms with Crippen LogP contribution in [0.15, 0.2) is 30.3 Å². The molecular weight excluding hydrogens is 258 g/mol. The van der Waals surface area contributed by atoms with E-state index in [1.807, 2.05) is 30.3 Å². The van der Waals surface area contributed by atoms with Crippen LogP contribution in [0.5, 0.6) is 0 Å². The van der Waals surface area contributed by atoms with Crippen LogP contribution in [-0.4, -0.2) is 28.6 Å². The lowest BCUT2D eigenvalue weighted by atomic mass is 10.0. The molecule has 1 aromatic carbocycles. The van der Waals surface area contributed by atoms with Crippen LogP contribution in [0.4, 0.5) is 0 Å². The first-order valence-electron chi connectivity index (χ1n) is 6.49. The minimum atomic E-state index is -0.951. The highest BCUT2D eigenvalue weighted by molar-refractivity contribution is 5.81. The fraction of sp³-hybridized carbons (Fsp3) is 0.467. The number of hydrogen-bond acceptors (Lipinski definition) is 3. The molecule has 5 nitrogen and oxygen atoms in total. The molecule has 20 heavy (non-hydrogen) atoms. The van der Waals surface area contributed by atoms with Gasteiger partial charge in [0, 0.05) is 5.54 Å². The summed E-state index contributed by atoms with van der Waals surface area (Å²) in [6.45, 7) is 5.33. The molecule has 0 saturated heterocycles. The van der Waals surface area contributed by atoms with Gasteiger partial charge in [-0.05, 0) is 26.3 Å². The first kappa shape index (κ1) is 16.2. The van der Waals surface area contributed by atoms with E-state index in [2.05, 4.69) is 5.32 Å². The lowest BCUT2D eigenvalue weighted by Crippen LogP contribution is -2.48. The largest absolute Gasteiger partial charge is 0.481 e. The standard InChI is InChI=1S/C15H21NO4/c1-11(20-10-12-7-5-4-6-8-12)14(19)16-15(2,3)9-13(17)18/h4-8,11H,9-10H2,1-3H3,(H,16,19)(H,17,18). The molecule has 0 fully saturated rings. The molecule has 1 unspecified atom stereocenters. The highest BCUT2D eigenvalue weighted by atomic mass is 16.5. The van der Waals surface area contributed by atoms with Crippen molar-refractivity contribution in [3.05, 3.63) is 35.9 Å². The van der Waals surface area contributed by atoms with E-state index in [0.717, 1.165) is 5.56 Å². The minimum absolute atomic E-state index is 0.135. The summed E-state index contributed by atoms with van der Waals surface area (Å²) in [7, 11) is 0. The average molecular weight is 279 g/mol. The Balaban J connectivity index is 2.45. The zero-order valence-corrected chi connectivity index (χ0v) is 12.1. The van der Waals surface area contributed by atoms with E-state index in [1.54, 1.807) is 20.8 Å². The van der Waals surface area contributed by atoms with E-state index in [1.165, 1.54) is 0 Å². The van der Waals surface area contributed by atoms with Gasteiger partial charge in [-0.25, -0.2) is 0 Å². The Morgan fingerprint density at radius 2 is 1.90 bits per heavy atom. The molecule has 1 rings (SSSR count). The van der Waals surface area contributed by atoms with Crippen LogP contribution >= 0.6 is 0 Å². The number of nitrogens with one attached hydrogen (secondary N) is 1. The van der Waals surface area contributed by atoms with Gasteiger partial charge in [0.2, 0.25) is 5.91 Å². The van der Waals surface area contributed by atoms with Crippen molar-refractivity contribution in [2.75, 3.05) is 0 Å². The van der Waals surface area contributed by atoms with Crippen LogP contribution in [0.1, 0.15) is 32.8 Å². The molecule has 0 spiro atoms. The molecule has 0 saturated carbocycles. The smallest absolute Gasteiger partial charge is 0.305 e. The van der Waals surface area contributed by atoms with E-state index >= 15 is 0 Å². The van der Waals surface area contributed by atoms with E-state index in [0.29, 0.717) is 6.61 Å². The number of carbonyl (C=O) groups is 2. The molecule has 0 bridgehead atoms. The summed E-state index contributed by atoms with van der Waals surface area (Å²) < 4.78 is 5.48. The Hall–Kier alpha value is -1.88. The average Bonchev–Trinajstić information content (AvgIpc) is 2.34. The van der Waals surface area contributed by atoms with Gasteiger partial charge in [-0.1, -0.05) is 30.3 Å². The molecule has 0 aromatic heterocycles. The van der Waals surface area contributed by atoms with Gasteiger partial charge < -0.3 is 15.2 Å². The van der Waals surface area contributed by atoms with Crippen molar-refractivity contribution in [2.45, 2.75) is 45.4 Å². The van der Waals surface area contributed by atoms with E-state index < -0.39 is 17.6 Å². The zero-order valence-electron chi connectivity index (χ0n) is 12.1. The Bertz CT molecular complexity index is 456. The fourth-order valence-electron chi connectivity index (χ4n) is 1.73. The number of carboxylic acids is 1. The summed E-state index contributed by atoms with van der Waals surface area (Å²) in [6, 6.07) is 9.55. The maximum absolute atomic E-state index is 11.9. The highest BCUT2D eigenvalue weighted by Crippen LogP contribution is 2.10. The molecule has 0 heterocycles. The quantitative estimate of drug-likeness (QED) is 0.800. The number of hydrogen-bond donors (Lipinski definition) is 2. The maximum atomic E-state index is 11.9. The lowest BCUT2D eigenvalue weighted by Gasteiger charge is -2.26. The summed E-state index contributed by atoms with van der Waals surface area (Å²) in [6.07, 6.45) is -0.771. The van der Waals surface area contributed by atoms with Crippen molar-refractivity contribution in [1.82, 2.24) is 5.32 Å². The number of amides is 1. The van der Waals surface area contributed by atoms with Crippen molar-refractivity contribution in [1.29, 1.82) is 0 Å². The normalized spacial score (nSPS) is 12.8. The molecule has 110 valence electrons. The van der Waals surface area contributed by atoms with Crippen LogP contribution < -0.4 is 5.32 Å². The topological polar surface area (TPSA) is 75.6 Å². The lowest BCUT2D eigenvalue weighted by molar-refractivity contribution is -0.140. The number of carbonyl (C=O) groups excluding carboxylic acids is 1. The van der Waals surface area contributed by atoms with E-state index in [4.69, 9.17) is 9.84 Å². The summed E-state index contributed by atoms with van der Waals surface area (Å²) in [5, 5.41) is 11.4. The third-order valence-electron chi connectivity index (χ3n) is 2.77. The molecule has 5 heteroatoms. The first-order valence-corrected chi connectivity index (χ1v) is 6.49. The molecule has 1 amide bonds. The van der Waals surface area contributed by atoms with E-state index in [-0.39, 0.29) is 12.3 Å². The van der Waals surface area contributed by atoms with Gasteiger partial charge in [-0.3, -0.25) is 9.59 Å². The molecule has 0 aliphatic heterocycles. The van der Waals surface area contributed by atoms with Gasteiger partial charge in [-0.2, -0.15) is 0 Å². The number of benzene rings is 1. The van der Waals surface area contributed by atoms with Crippen LogP contribution in [-0.2, 0) is 20.9 Å². The molecule has 0 aliphatic carbocycles. The minimum Gasteiger partial charge on any atom is -0.481 e. The summed E-state index contributed by atoms with van der Waals surface area (Å²) >= 11 is 0.